The highest BCUT2D eigenvalue weighted by Gasteiger charge is 2.18. The van der Waals surface area contributed by atoms with E-state index in [0.29, 0.717) is 22.4 Å². The van der Waals surface area contributed by atoms with E-state index in [1.54, 1.807) is 0 Å². The van der Waals surface area contributed by atoms with E-state index in [4.69, 9.17) is 15.7 Å². The lowest BCUT2D eigenvalue weighted by Gasteiger charge is -2.20. The Balaban J connectivity index is 2.64. The molecule has 1 heterocycles. The smallest absolute Gasteiger partial charge is 0.178 e. The second-order valence-corrected chi connectivity index (χ2v) is 6.66. The molecule has 0 aliphatic carbocycles. The summed E-state index contributed by atoms with van der Waals surface area (Å²) in [6.45, 7) is 10.1. The topological polar surface area (TPSA) is 74.3 Å². The molecule has 1 aromatic heterocycles. The third kappa shape index (κ3) is 5.10. The number of nitriles is 1. The van der Waals surface area contributed by atoms with Gasteiger partial charge in [0.25, 0.3) is 0 Å². The van der Waals surface area contributed by atoms with Crippen LogP contribution in [0.3, 0.4) is 0 Å². The fourth-order valence-electron chi connectivity index (χ4n) is 1.77. The molecule has 0 aliphatic rings. The van der Waals surface area contributed by atoms with E-state index in [1.807, 2.05) is 13.8 Å². The van der Waals surface area contributed by atoms with Crippen molar-refractivity contribution >= 4 is 22.0 Å². The molecule has 1 aromatic rings. The predicted octanol–water partition coefficient (Wildman–Crippen LogP) is 3.13. The van der Waals surface area contributed by atoms with Crippen LogP contribution in [0.25, 0.3) is 0 Å². The van der Waals surface area contributed by atoms with E-state index < -0.39 is 0 Å². The van der Waals surface area contributed by atoms with Crippen LogP contribution in [0.5, 0.6) is 5.75 Å². The van der Waals surface area contributed by atoms with Crippen LogP contribution in [0.2, 0.25) is 0 Å². The first kappa shape index (κ1) is 17.6. The number of hydrogen-bond acceptors (Lipinski definition) is 6. The molecule has 3 N–H and O–H groups in total. The van der Waals surface area contributed by atoms with Crippen molar-refractivity contribution in [2.75, 3.05) is 31.2 Å². The first-order chi connectivity index (χ1) is 9.86. The number of rotatable bonds is 8. The fraction of sp³-hybridized carbons (Fsp3) is 0.667. The molecule has 0 saturated heterocycles. The van der Waals surface area contributed by atoms with Crippen molar-refractivity contribution in [1.82, 2.24) is 4.90 Å². The maximum atomic E-state index is 9.09. The minimum atomic E-state index is 0.0288. The van der Waals surface area contributed by atoms with Gasteiger partial charge in [0, 0.05) is 12.6 Å². The van der Waals surface area contributed by atoms with Crippen LogP contribution in [0.1, 0.15) is 39.0 Å². The number of nitrogens with zero attached hydrogens (tertiary/aromatic N) is 2. The lowest BCUT2D eigenvalue weighted by molar-refractivity contribution is 0.245. The Kier molecular flexibility index (Phi) is 6.79. The van der Waals surface area contributed by atoms with Crippen LogP contribution >= 0.6 is 11.3 Å². The largest absolute Gasteiger partial charge is 0.486 e. The zero-order valence-corrected chi connectivity index (χ0v) is 14.4. The number of nitrogen functional groups attached to an aromatic ring is 1. The summed E-state index contributed by atoms with van der Waals surface area (Å²) in [5.74, 6) is 0.615. The van der Waals surface area contributed by atoms with Gasteiger partial charge in [0.1, 0.15) is 21.6 Å². The van der Waals surface area contributed by atoms with Crippen molar-refractivity contribution < 1.29 is 4.74 Å². The van der Waals surface area contributed by atoms with Crippen molar-refractivity contribution in [3.8, 4) is 11.8 Å². The van der Waals surface area contributed by atoms with Gasteiger partial charge in [-0.05, 0) is 47.7 Å². The van der Waals surface area contributed by atoms with Gasteiger partial charge in [0.15, 0.2) is 5.75 Å². The van der Waals surface area contributed by atoms with Crippen molar-refractivity contribution in [1.29, 1.82) is 5.26 Å². The van der Waals surface area contributed by atoms with Crippen molar-refractivity contribution in [3.63, 3.8) is 0 Å². The molecule has 0 aromatic carbocycles. The summed E-state index contributed by atoms with van der Waals surface area (Å²) in [5.41, 5.74) is 6.41. The van der Waals surface area contributed by atoms with Crippen LogP contribution < -0.4 is 15.8 Å². The normalized spacial score (nSPS) is 11.2. The highest BCUT2D eigenvalue weighted by atomic mass is 32.1. The standard InChI is InChI=1S/C15H26N4OS/c1-10(2)19(5)8-6-7-18-15-14(20-11(3)4)13(17)12(9-16)21-15/h10-11,18H,6-8,17H2,1-5H3. The van der Waals surface area contributed by atoms with Crippen LogP contribution in [-0.4, -0.2) is 37.2 Å². The van der Waals surface area contributed by atoms with Crippen molar-refractivity contribution in [2.24, 2.45) is 0 Å². The van der Waals surface area contributed by atoms with Gasteiger partial charge in [0.2, 0.25) is 0 Å². The summed E-state index contributed by atoms with van der Waals surface area (Å²) in [5, 5.41) is 13.3. The minimum Gasteiger partial charge on any atom is -0.486 e. The molecule has 118 valence electrons. The molecule has 0 amide bonds. The third-order valence-corrected chi connectivity index (χ3v) is 4.26. The van der Waals surface area contributed by atoms with Gasteiger partial charge in [-0.25, -0.2) is 0 Å². The van der Waals surface area contributed by atoms with E-state index in [2.05, 4.69) is 37.2 Å². The van der Waals surface area contributed by atoms with E-state index in [9.17, 15) is 0 Å². The third-order valence-electron chi connectivity index (χ3n) is 3.21. The van der Waals surface area contributed by atoms with E-state index in [1.165, 1.54) is 11.3 Å². The fourth-order valence-corrected chi connectivity index (χ4v) is 2.65. The number of thiophene rings is 1. The summed E-state index contributed by atoms with van der Waals surface area (Å²) >= 11 is 1.36. The first-order valence-corrected chi connectivity index (χ1v) is 8.11. The van der Waals surface area contributed by atoms with Crippen molar-refractivity contribution in [3.05, 3.63) is 4.88 Å². The molecule has 0 fully saturated rings. The number of ether oxygens (including phenoxy) is 1. The Bertz CT molecular complexity index is 491. The molecule has 0 bridgehead atoms. The van der Waals surface area contributed by atoms with Gasteiger partial charge in [0.05, 0.1) is 6.10 Å². The quantitative estimate of drug-likeness (QED) is 0.722. The van der Waals surface area contributed by atoms with Crippen LogP contribution in [0.15, 0.2) is 0 Å². The summed E-state index contributed by atoms with van der Waals surface area (Å²) in [6, 6.07) is 2.67. The maximum Gasteiger partial charge on any atom is 0.178 e. The Labute approximate surface area is 131 Å². The van der Waals surface area contributed by atoms with Gasteiger partial charge in [-0.15, -0.1) is 11.3 Å². The molecule has 21 heavy (non-hydrogen) atoms. The van der Waals surface area contributed by atoms with E-state index in [0.717, 1.165) is 24.5 Å². The maximum absolute atomic E-state index is 9.09. The minimum absolute atomic E-state index is 0.0288. The second-order valence-electron chi connectivity index (χ2n) is 5.64. The summed E-state index contributed by atoms with van der Waals surface area (Å²) in [6.07, 6.45) is 1.05. The van der Waals surface area contributed by atoms with Gasteiger partial charge in [-0.2, -0.15) is 5.26 Å². The number of anilines is 2. The SMILES string of the molecule is CC(C)Oc1c(NCCCN(C)C(C)C)sc(C#N)c1N. The second kappa shape index (κ2) is 8.11. The molecule has 0 spiro atoms. The highest BCUT2D eigenvalue weighted by molar-refractivity contribution is 7.17. The number of nitrogens with two attached hydrogens (primary N) is 1. The van der Waals surface area contributed by atoms with Crippen LogP contribution in [-0.2, 0) is 0 Å². The Morgan fingerprint density at radius 3 is 2.57 bits per heavy atom. The summed E-state index contributed by atoms with van der Waals surface area (Å²) < 4.78 is 5.74. The van der Waals surface area contributed by atoms with Gasteiger partial charge >= 0.3 is 0 Å². The van der Waals surface area contributed by atoms with Gasteiger partial charge in [-0.1, -0.05) is 0 Å². The average Bonchev–Trinajstić information content (AvgIpc) is 2.71. The molecule has 0 aliphatic heterocycles. The predicted molar refractivity (Wildman–Crippen MR) is 90.1 cm³/mol. The highest BCUT2D eigenvalue weighted by Crippen LogP contribution is 2.42. The molecule has 1 rings (SSSR count). The molecule has 0 saturated carbocycles. The van der Waals surface area contributed by atoms with Gasteiger partial charge < -0.3 is 20.7 Å². The lowest BCUT2D eigenvalue weighted by atomic mass is 10.3. The van der Waals surface area contributed by atoms with Crippen LogP contribution in [0, 0.1) is 11.3 Å². The molecule has 0 radical (unpaired) electrons. The molecule has 0 unspecified atom stereocenters. The zero-order valence-electron chi connectivity index (χ0n) is 13.6. The Morgan fingerprint density at radius 1 is 1.38 bits per heavy atom. The zero-order chi connectivity index (χ0) is 16.0. The van der Waals surface area contributed by atoms with Crippen LogP contribution in [0.4, 0.5) is 10.7 Å². The molecular formula is C15H26N4OS. The number of hydrogen-bond donors (Lipinski definition) is 2. The Hall–Kier alpha value is -1.45. The molecule has 6 heteroatoms. The number of nitrogens with one attached hydrogen (secondary N) is 1. The molecule has 0 atom stereocenters. The average molecular weight is 310 g/mol. The Morgan fingerprint density at radius 2 is 2.05 bits per heavy atom. The molecule has 5 nitrogen and oxygen atoms in total. The summed E-state index contributed by atoms with van der Waals surface area (Å²) in [4.78, 5) is 2.81. The monoisotopic (exact) mass is 310 g/mol. The molecular weight excluding hydrogens is 284 g/mol. The van der Waals surface area contributed by atoms with E-state index >= 15 is 0 Å². The van der Waals surface area contributed by atoms with Gasteiger partial charge in [-0.3, -0.25) is 0 Å². The lowest BCUT2D eigenvalue weighted by Crippen LogP contribution is -2.28. The van der Waals surface area contributed by atoms with E-state index in [-0.39, 0.29) is 6.10 Å². The first-order valence-electron chi connectivity index (χ1n) is 7.29. The van der Waals surface area contributed by atoms with Crippen molar-refractivity contribution in [2.45, 2.75) is 46.3 Å². The summed E-state index contributed by atoms with van der Waals surface area (Å²) in [7, 11) is 2.12.